The summed E-state index contributed by atoms with van der Waals surface area (Å²) >= 11 is 0. The lowest BCUT2D eigenvalue weighted by Crippen LogP contribution is -2.08. The van der Waals surface area contributed by atoms with E-state index in [-0.39, 0.29) is 6.42 Å². The van der Waals surface area contributed by atoms with E-state index in [1.807, 2.05) is 0 Å². The Kier molecular flexibility index (Phi) is 3.45. The largest absolute Gasteiger partial charge is 0.502 e. The molecule has 1 rings (SSSR count). The number of aromatic hydroxyl groups is 1. The third-order valence-electron chi connectivity index (χ3n) is 1.67. The topological polar surface area (TPSA) is 106 Å². The number of amides is 1. The molecule has 0 aliphatic carbocycles. The van der Waals surface area contributed by atoms with Gasteiger partial charge in [0.25, 0.3) is 0 Å². The van der Waals surface area contributed by atoms with E-state index >= 15 is 0 Å². The minimum atomic E-state index is -0.714. The first-order valence-electron chi connectivity index (χ1n) is 4.25. The van der Waals surface area contributed by atoms with Gasteiger partial charge in [0.15, 0.2) is 5.75 Å². The molecule has 1 amide bonds. The first kappa shape index (κ1) is 11.5. The highest BCUT2D eigenvalue weighted by atomic mass is 16.6. The number of nitrogens with two attached hydrogens (primary N) is 1. The lowest BCUT2D eigenvalue weighted by atomic mass is 10.2. The van der Waals surface area contributed by atoms with Crippen molar-refractivity contribution in [3.8, 4) is 17.6 Å². The van der Waals surface area contributed by atoms with Crippen LogP contribution < -0.4 is 5.73 Å². The first-order valence-corrected chi connectivity index (χ1v) is 4.25. The van der Waals surface area contributed by atoms with Gasteiger partial charge >= 0.3 is 5.69 Å². The molecule has 0 aliphatic heterocycles. The van der Waals surface area contributed by atoms with Gasteiger partial charge in [0.2, 0.25) is 5.91 Å². The average molecular weight is 220 g/mol. The van der Waals surface area contributed by atoms with Crippen LogP contribution >= 0.6 is 0 Å². The van der Waals surface area contributed by atoms with Crippen molar-refractivity contribution >= 4 is 11.6 Å². The summed E-state index contributed by atoms with van der Waals surface area (Å²) in [5.74, 6) is 4.00. The maximum Gasteiger partial charge on any atom is 0.311 e. The van der Waals surface area contributed by atoms with Gasteiger partial charge in [-0.15, -0.1) is 0 Å². The standard InChI is InChI=1S/C10H8N2O4/c11-10(14)3-1-2-7-4-5-9(13)8(6-7)12(15)16/h4-6,13H,3H2,(H2,11,14). The van der Waals surface area contributed by atoms with Gasteiger partial charge in [-0.2, -0.15) is 0 Å². The number of hydrogen-bond donors (Lipinski definition) is 2. The molecule has 1 aromatic carbocycles. The van der Waals surface area contributed by atoms with Gasteiger partial charge in [-0.3, -0.25) is 14.9 Å². The zero-order valence-electron chi connectivity index (χ0n) is 8.14. The number of carbonyl (C=O) groups excluding carboxylic acids is 1. The molecule has 3 N–H and O–H groups in total. The maximum absolute atomic E-state index is 10.5. The Bertz CT molecular complexity index is 499. The number of phenolic OH excluding ortho intramolecular Hbond substituents is 1. The molecule has 0 fully saturated rings. The van der Waals surface area contributed by atoms with Crippen LogP contribution in [0.1, 0.15) is 12.0 Å². The van der Waals surface area contributed by atoms with Crippen molar-refractivity contribution in [2.24, 2.45) is 5.73 Å². The molecule has 0 bridgehead atoms. The highest BCUT2D eigenvalue weighted by Crippen LogP contribution is 2.25. The number of primary amides is 1. The van der Waals surface area contributed by atoms with Crippen LogP contribution in [-0.2, 0) is 4.79 Å². The van der Waals surface area contributed by atoms with Crippen LogP contribution in [0.25, 0.3) is 0 Å². The van der Waals surface area contributed by atoms with E-state index < -0.39 is 22.3 Å². The zero-order valence-corrected chi connectivity index (χ0v) is 8.14. The fourth-order valence-corrected chi connectivity index (χ4v) is 0.981. The summed E-state index contributed by atoms with van der Waals surface area (Å²) in [7, 11) is 0. The van der Waals surface area contributed by atoms with Crippen LogP contribution in [0.5, 0.6) is 5.75 Å². The highest BCUT2D eigenvalue weighted by molar-refractivity contribution is 5.76. The molecular formula is C10H8N2O4. The van der Waals surface area contributed by atoms with E-state index in [2.05, 4.69) is 11.8 Å². The Hall–Kier alpha value is -2.55. The molecule has 0 spiro atoms. The van der Waals surface area contributed by atoms with E-state index in [4.69, 9.17) is 10.8 Å². The molecule has 0 atom stereocenters. The summed E-state index contributed by atoms with van der Waals surface area (Å²) in [4.78, 5) is 20.2. The smallest absolute Gasteiger partial charge is 0.311 e. The van der Waals surface area contributed by atoms with Crippen LogP contribution in [0.2, 0.25) is 0 Å². The Morgan fingerprint density at radius 1 is 1.56 bits per heavy atom. The third kappa shape index (κ3) is 2.99. The molecule has 6 heteroatoms. The molecule has 82 valence electrons. The van der Waals surface area contributed by atoms with E-state index in [0.29, 0.717) is 5.56 Å². The molecular weight excluding hydrogens is 212 g/mol. The SMILES string of the molecule is NC(=O)CC#Cc1ccc(O)c([N+](=O)[O-])c1. The molecule has 0 aromatic heterocycles. The summed E-state index contributed by atoms with van der Waals surface area (Å²) in [5.41, 5.74) is 4.78. The highest BCUT2D eigenvalue weighted by Gasteiger charge is 2.12. The molecule has 0 radical (unpaired) electrons. The van der Waals surface area contributed by atoms with Crippen molar-refractivity contribution in [3.05, 3.63) is 33.9 Å². The van der Waals surface area contributed by atoms with Gasteiger partial charge in [0.05, 0.1) is 11.3 Å². The van der Waals surface area contributed by atoms with Crippen LogP contribution in [0.4, 0.5) is 5.69 Å². The van der Waals surface area contributed by atoms with Crippen molar-refractivity contribution < 1.29 is 14.8 Å². The predicted molar refractivity (Wildman–Crippen MR) is 55.5 cm³/mol. The first-order chi connectivity index (χ1) is 7.50. The maximum atomic E-state index is 10.5. The van der Waals surface area contributed by atoms with Crippen LogP contribution in [-0.4, -0.2) is 15.9 Å². The number of hydrogen-bond acceptors (Lipinski definition) is 4. The molecule has 0 saturated carbocycles. The summed E-state index contributed by atoms with van der Waals surface area (Å²) in [6.07, 6.45) is -0.116. The van der Waals surface area contributed by atoms with Gasteiger partial charge in [-0.05, 0) is 12.1 Å². The van der Waals surface area contributed by atoms with Crippen molar-refractivity contribution in [2.45, 2.75) is 6.42 Å². The summed E-state index contributed by atoms with van der Waals surface area (Å²) < 4.78 is 0. The quantitative estimate of drug-likeness (QED) is 0.430. The van der Waals surface area contributed by atoms with E-state index in [1.54, 1.807) is 0 Å². The van der Waals surface area contributed by atoms with Crippen molar-refractivity contribution in [3.63, 3.8) is 0 Å². The van der Waals surface area contributed by atoms with E-state index in [9.17, 15) is 14.9 Å². The summed E-state index contributed by atoms with van der Waals surface area (Å²) in [6.45, 7) is 0. The Labute approximate surface area is 90.8 Å². The second-order valence-electron chi connectivity index (χ2n) is 2.91. The molecule has 0 unspecified atom stereocenters. The normalized spacial score (nSPS) is 9.00. The number of nitrogens with zero attached hydrogens (tertiary/aromatic N) is 1. The second-order valence-corrected chi connectivity index (χ2v) is 2.91. The molecule has 1 aromatic rings. The van der Waals surface area contributed by atoms with Gasteiger partial charge in [0.1, 0.15) is 0 Å². The Morgan fingerprint density at radius 2 is 2.25 bits per heavy atom. The van der Waals surface area contributed by atoms with Crippen LogP contribution in [0.3, 0.4) is 0 Å². The van der Waals surface area contributed by atoms with Gasteiger partial charge in [-0.25, -0.2) is 0 Å². The van der Waals surface area contributed by atoms with Gasteiger partial charge in [0, 0.05) is 11.6 Å². The van der Waals surface area contributed by atoms with Crippen molar-refractivity contribution in [1.29, 1.82) is 0 Å². The molecule has 0 saturated heterocycles. The Morgan fingerprint density at radius 3 is 2.81 bits per heavy atom. The zero-order chi connectivity index (χ0) is 12.1. The number of phenols is 1. The minimum absolute atomic E-state index is 0.116. The lowest BCUT2D eigenvalue weighted by molar-refractivity contribution is -0.385. The van der Waals surface area contributed by atoms with Gasteiger partial charge in [-0.1, -0.05) is 11.8 Å². The van der Waals surface area contributed by atoms with Crippen LogP contribution in [0.15, 0.2) is 18.2 Å². The fourth-order valence-electron chi connectivity index (χ4n) is 0.981. The molecule has 0 aliphatic rings. The number of benzene rings is 1. The Balaban J connectivity index is 2.98. The minimum Gasteiger partial charge on any atom is -0.502 e. The summed E-state index contributed by atoms with van der Waals surface area (Å²) in [5, 5.41) is 19.6. The predicted octanol–water partition coefficient (Wildman–Crippen LogP) is 0.527. The van der Waals surface area contributed by atoms with Crippen molar-refractivity contribution in [1.82, 2.24) is 0 Å². The van der Waals surface area contributed by atoms with Crippen molar-refractivity contribution in [2.75, 3.05) is 0 Å². The van der Waals surface area contributed by atoms with Crippen LogP contribution in [0, 0.1) is 22.0 Å². The average Bonchev–Trinajstić information content (AvgIpc) is 2.19. The van der Waals surface area contributed by atoms with E-state index in [0.717, 1.165) is 6.07 Å². The summed E-state index contributed by atoms with van der Waals surface area (Å²) in [6, 6.07) is 3.71. The van der Waals surface area contributed by atoms with E-state index in [1.165, 1.54) is 12.1 Å². The number of rotatable bonds is 2. The fraction of sp³-hybridized carbons (Fsp3) is 0.100. The number of nitro benzene ring substituents is 1. The number of nitro groups is 1. The second kappa shape index (κ2) is 4.79. The lowest BCUT2D eigenvalue weighted by Gasteiger charge is -1.95. The monoisotopic (exact) mass is 220 g/mol. The third-order valence-corrected chi connectivity index (χ3v) is 1.67. The molecule has 16 heavy (non-hydrogen) atoms. The van der Waals surface area contributed by atoms with Gasteiger partial charge < -0.3 is 10.8 Å². The molecule has 6 nitrogen and oxygen atoms in total. The number of carbonyl (C=O) groups is 1. The molecule has 0 heterocycles.